The highest BCUT2D eigenvalue weighted by Crippen LogP contribution is 2.43. The summed E-state index contributed by atoms with van der Waals surface area (Å²) in [5.41, 5.74) is -0.414. The number of nitrogens with one attached hydrogen (secondary N) is 1. The topological polar surface area (TPSA) is 32.3 Å². The molecular formula is C12H17NOS. The summed E-state index contributed by atoms with van der Waals surface area (Å²) in [6.07, 6.45) is 2.84. The Kier molecular flexibility index (Phi) is 2.34. The van der Waals surface area contributed by atoms with E-state index in [2.05, 4.69) is 22.8 Å². The lowest BCUT2D eigenvalue weighted by molar-refractivity contribution is 0.0406. The third-order valence-electron chi connectivity index (χ3n) is 3.85. The van der Waals surface area contributed by atoms with Crippen LogP contribution in [0.4, 0.5) is 0 Å². The van der Waals surface area contributed by atoms with Gasteiger partial charge in [-0.05, 0) is 49.2 Å². The number of hydrogen-bond acceptors (Lipinski definition) is 3. The van der Waals surface area contributed by atoms with Crippen LogP contribution in [0.25, 0.3) is 0 Å². The van der Waals surface area contributed by atoms with Crippen LogP contribution in [0.1, 0.15) is 17.7 Å². The van der Waals surface area contributed by atoms with Crippen LogP contribution in [0.5, 0.6) is 0 Å². The van der Waals surface area contributed by atoms with E-state index in [9.17, 15) is 5.11 Å². The molecule has 0 spiro atoms. The van der Waals surface area contributed by atoms with Crippen LogP contribution in [0, 0.1) is 11.8 Å². The normalized spacial score (nSPS) is 39.5. The molecule has 1 aromatic heterocycles. The van der Waals surface area contributed by atoms with Gasteiger partial charge in [0.05, 0.1) is 5.60 Å². The Labute approximate surface area is 94.3 Å². The molecule has 2 fully saturated rings. The van der Waals surface area contributed by atoms with E-state index in [1.807, 2.05) is 0 Å². The summed E-state index contributed by atoms with van der Waals surface area (Å²) in [4.78, 5) is 1.32. The van der Waals surface area contributed by atoms with Crippen molar-refractivity contribution in [2.24, 2.45) is 11.8 Å². The summed E-state index contributed by atoms with van der Waals surface area (Å²) in [6.45, 7) is 2.22. The first-order valence-corrected chi connectivity index (χ1v) is 6.59. The molecule has 1 aliphatic heterocycles. The van der Waals surface area contributed by atoms with Crippen LogP contribution < -0.4 is 5.32 Å². The molecule has 2 aliphatic rings. The molecule has 0 radical (unpaired) electrons. The third kappa shape index (κ3) is 1.84. The van der Waals surface area contributed by atoms with Crippen molar-refractivity contribution in [2.45, 2.75) is 24.9 Å². The van der Waals surface area contributed by atoms with E-state index in [0.29, 0.717) is 0 Å². The van der Waals surface area contributed by atoms with E-state index < -0.39 is 5.60 Å². The van der Waals surface area contributed by atoms with Crippen LogP contribution in [0.3, 0.4) is 0 Å². The standard InChI is InChI=1S/C12H17NOS/c14-12(6-11-2-1-3-15-11)4-9-7-13-8-10(9)5-12/h1-3,9-10,13-14H,4-8H2/t9-,10+,12?. The molecule has 0 bridgehead atoms. The van der Waals surface area contributed by atoms with Gasteiger partial charge in [-0.3, -0.25) is 0 Å². The molecule has 3 heteroatoms. The predicted octanol–water partition coefficient (Wildman–Crippen LogP) is 1.65. The van der Waals surface area contributed by atoms with E-state index >= 15 is 0 Å². The van der Waals surface area contributed by atoms with Gasteiger partial charge in [0.15, 0.2) is 0 Å². The maximum atomic E-state index is 10.5. The number of hydrogen-bond donors (Lipinski definition) is 2. The van der Waals surface area contributed by atoms with Gasteiger partial charge in [-0.25, -0.2) is 0 Å². The minimum Gasteiger partial charge on any atom is -0.389 e. The average Bonchev–Trinajstić information content (AvgIpc) is 2.80. The molecule has 2 N–H and O–H groups in total. The van der Waals surface area contributed by atoms with Crippen LogP contribution in [0.15, 0.2) is 17.5 Å². The van der Waals surface area contributed by atoms with Gasteiger partial charge in [-0.1, -0.05) is 6.07 Å². The van der Waals surface area contributed by atoms with Gasteiger partial charge < -0.3 is 10.4 Å². The van der Waals surface area contributed by atoms with Crippen LogP contribution in [-0.4, -0.2) is 23.8 Å². The fraction of sp³-hybridized carbons (Fsp3) is 0.667. The zero-order valence-corrected chi connectivity index (χ0v) is 9.59. The number of fused-ring (bicyclic) bond motifs is 1. The summed E-state index contributed by atoms with van der Waals surface area (Å²) in [7, 11) is 0. The van der Waals surface area contributed by atoms with E-state index in [1.54, 1.807) is 11.3 Å². The monoisotopic (exact) mass is 223 g/mol. The zero-order valence-electron chi connectivity index (χ0n) is 8.78. The zero-order chi connectivity index (χ0) is 10.3. The van der Waals surface area contributed by atoms with Crippen LogP contribution in [0.2, 0.25) is 0 Å². The van der Waals surface area contributed by atoms with Gasteiger partial charge in [-0.2, -0.15) is 0 Å². The molecule has 0 amide bonds. The Balaban J connectivity index is 1.71. The van der Waals surface area contributed by atoms with Crippen molar-refractivity contribution in [3.05, 3.63) is 22.4 Å². The maximum Gasteiger partial charge on any atom is 0.0702 e. The van der Waals surface area contributed by atoms with Gasteiger partial charge in [0, 0.05) is 11.3 Å². The second-order valence-corrected chi connectivity index (χ2v) is 6.10. The second kappa shape index (κ2) is 3.58. The molecule has 1 saturated heterocycles. The molecule has 3 atom stereocenters. The molecule has 1 unspecified atom stereocenters. The summed E-state index contributed by atoms with van der Waals surface area (Å²) < 4.78 is 0. The Morgan fingerprint density at radius 1 is 1.40 bits per heavy atom. The Hall–Kier alpha value is -0.380. The van der Waals surface area contributed by atoms with E-state index in [-0.39, 0.29) is 0 Å². The van der Waals surface area contributed by atoms with Gasteiger partial charge in [0.25, 0.3) is 0 Å². The lowest BCUT2D eigenvalue weighted by atomic mass is 9.95. The fourth-order valence-electron chi connectivity index (χ4n) is 3.21. The van der Waals surface area contributed by atoms with E-state index in [4.69, 9.17) is 0 Å². The maximum absolute atomic E-state index is 10.5. The SMILES string of the molecule is OC1(Cc2cccs2)C[C@H]2CNC[C@H]2C1. The largest absolute Gasteiger partial charge is 0.389 e. The fourth-order valence-corrected chi connectivity index (χ4v) is 4.05. The quantitative estimate of drug-likeness (QED) is 0.799. The first kappa shape index (κ1) is 9.82. The van der Waals surface area contributed by atoms with Crippen molar-refractivity contribution in [1.82, 2.24) is 5.32 Å². The van der Waals surface area contributed by atoms with Crippen molar-refractivity contribution in [2.75, 3.05) is 13.1 Å². The molecule has 2 nitrogen and oxygen atoms in total. The third-order valence-corrected chi connectivity index (χ3v) is 4.72. The first-order chi connectivity index (χ1) is 7.25. The summed E-state index contributed by atoms with van der Waals surface area (Å²) in [5, 5.41) is 16.1. The smallest absolute Gasteiger partial charge is 0.0702 e. The highest BCUT2D eigenvalue weighted by molar-refractivity contribution is 7.09. The predicted molar refractivity (Wildman–Crippen MR) is 62.1 cm³/mol. The molecule has 1 aromatic rings. The summed E-state index contributed by atoms with van der Waals surface area (Å²) >= 11 is 1.76. The number of thiophene rings is 1. The van der Waals surface area contributed by atoms with Gasteiger partial charge in [0.2, 0.25) is 0 Å². The minimum atomic E-state index is -0.414. The molecule has 82 valence electrons. The minimum absolute atomic E-state index is 0.414. The van der Waals surface area contributed by atoms with Crippen LogP contribution >= 0.6 is 11.3 Å². The van der Waals surface area contributed by atoms with Crippen molar-refractivity contribution in [3.8, 4) is 0 Å². The molecule has 0 aromatic carbocycles. The highest BCUT2D eigenvalue weighted by Gasteiger charge is 2.45. The number of rotatable bonds is 2. The lowest BCUT2D eigenvalue weighted by Crippen LogP contribution is -2.30. The average molecular weight is 223 g/mol. The van der Waals surface area contributed by atoms with E-state index in [1.165, 1.54) is 4.88 Å². The molecular weight excluding hydrogens is 206 g/mol. The Bertz CT molecular complexity index is 323. The van der Waals surface area contributed by atoms with Crippen molar-refractivity contribution in [1.29, 1.82) is 0 Å². The van der Waals surface area contributed by atoms with Crippen molar-refractivity contribution in [3.63, 3.8) is 0 Å². The Morgan fingerprint density at radius 3 is 2.73 bits per heavy atom. The van der Waals surface area contributed by atoms with Gasteiger partial charge in [-0.15, -0.1) is 11.3 Å². The lowest BCUT2D eigenvalue weighted by Gasteiger charge is -2.23. The van der Waals surface area contributed by atoms with Gasteiger partial charge in [0.1, 0.15) is 0 Å². The molecule has 3 rings (SSSR count). The van der Waals surface area contributed by atoms with Crippen molar-refractivity contribution < 1.29 is 5.11 Å². The Morgan fingerprint density at radius 2 is 2.13 bits per heavy atom. The van der Waals surface area contributed by atoms with Crippen LogP contribution in [-0.2, 0) is 6.42 Å². The first-order valence-electron chi connectivity index (χ1n) is 5.71. The molecule has 1 saturated carbocycles. The highest BCUT2D eigenvalue weighted by atomic mass is 32.1. The summed E-state index contributed by atoms with van der Waals surface area (Å²) in [6, 6.07) is 4.20. The summed E-state index contributed by atoms with van der Waals surface area (Å²) in [5.74, 6) is 1.44. The van der Waals surface area contributed by atoms with Crippen molar-refractivity contribution >= 4 is 11.3 Å². The van der Waals surface area contributed by atoms with Gasteiger partial charge >= 0.3 is 0 Å². The molecule has 1 aliphatic carbocycles. The molecule has 15 heavy (non-hydrogen) atoms. The molecule has 2 heterocycles. The second-order valence-electron chi connectivity index (χ2n) is 5.07. The number of aliphatic hydroxyl groups is 1. The van der Waals surface area contributed by atoms with E-state index in [0.717, 1.165) is 44.2 Å².